The Morgan fingerprint density at radius 3 is 2.43 bits per heavy atom. The van der Waals surface area contributed by atoms with Crippen LogP contribution in [0.5, 0.6) is 11.5 Å². The van der Waals surface area contributed by atoms with Crippen molar-refractivity contribution in [2.75, 3.05) is 13.7 Å². The predicted molar refractivity (Wildman–Crippen MR) is 111 cm³/mol. The van der Waals surface area contributed by atoms with Crippen LogP contribution in [-0.2, 0) is 19.6 Å². The van der Waals surface area contributed by atoms with Crippen LogP contribution in [0, 0.1) is 5.82 Å². The lowest BCUT2D eigenvalue weighted by Gasteiger charge is -2.13. The SMILES string of the molecule is COc1cc(CNCCc2ccc(Cl)cc2)ccc1OCc1ccccc1F. The van der Waals surface area contributed by atoms with Crippen LogP contribution in [0.4, 0.5) is 4.39 Å². The summed E-state index contributed by atoms with van der Waals surface area (Å²) in [7, 11) is 1.60. The third kappa shape index (κ3) is 5.72. The Kier molecular flexibility index (Phi) is 7.29. The van der Waals surface area contributed by atoms with Gasteiger partial charge in [0.1, 0.15) is 12.4 Å². The maximum Gasteiger partial charge on any atom is 0.161 e. The summed E-state index contributed by atoms with van der Waals surface area (Å²) >= 11 is 5.90. The van der Waals surface area contributed by atoms with Gasteiger partial charge in [-0.1, -0.05) is 48.0 Å². The summed E-state index contributed by atoms with van der Waals surface area (Å²) in [5, 5.41) is 4.17. The van der Waals surface area contributed by atoms with Gasteiger partial charge in [-0.25, -0.2) is 4.39 Å². The average molecular weight is 400 g/mol. The van der Waals surface area contributed by atoms with E-state index in [-0.39, 0.29) is 12.4 Å². The van der Waals surface area contributed by atoms with Gasteiger partial charge >= 0.3 is 0 Å². The van der Waals surface area contributed by atoms with Crippen molar-refractivity contribution in [3.63, 3.8) is 0 Å². The molecule has 0 aliphatic rings. The molecule has 146 valence electrons. The van der Waals surface area contributed by atoms with Crippen molar-refractivity contribution < 1.29 is 13.9 Å². The van der Waals surface area contributed by atoms with E-state index in [1.165, 1.54) is 11.6 Å². The second-order valence-electron chi connectivity index (χ2n) is 6.42. The molecule has 0 saturated heterocycles. The van der Waals surface area contributed by atoms with Crippen LogP contribution in [0.15, 0.2) is 66.7 Å². The molecule has 0 saturated carbocycles. The zero-order chi connectivity index (χ0) is 19.8. The van der Waals surface area contributed by atoms with E-state index < -0.39 is 0 Å². The molecule has 0 heterocycles. The fourth-order valence-electron chi connectivity index (χ4n) is 2.83. The summed E-state index contributed by atoms with van der Waals surface area (Å²) in [4.78, 5) is 0. The molecular weight excluding hydrogens is 377 g/mol. The number of hydrogen-bond acceptors (Lipinski definition) is 3. The first kappa shape index (κ1) is 20.2. The number of halogens is 2. The van der Waals surface area contributed by atoms with Crippen LogP contribution >= 0.6 is 11.6 Å². The molecule has 0 atom stereocenters. The fraction of sp³-hybridized carbons (Fsp3) is 0.217. The van der Waals surface area contributed by atoms with Gasteiger partial charge in [0, 0.05) is 17.1 Å². The third-order valence-electron chi connectivity index (χ3n) is 4.40. The first-order valence-corrected chi connectivity index (χ1v) is 9.52. The molecule has 0 radical (unpaired) electrons. The van der Waals surface area contributed by atoms with Gasteiger partial charge in [0.25, 0.3) is 0 Å². The summed E-state index contributed by atoms with van der Waals surface area (Å²) in [5.41, 5.74) is 2.84. The van der Waals surface area contributed by atoms with E-state index in [1.807, 2.05) is 42.5 Å². The van der Waals surface area contributed by atoms with Crippen molar-refractivity contribution in [2.45, 2.75) is 19.6 Å². The first-order chi connectivity index (χ1) is 13.7. The Balaban J connectivity index is 1.52. The Bertz CT molecular complexity index is 899. The van der Waals surface area contributed by atoms with E-state index >= 15 is 0 Å². The number of rotatable bonds is 9. The molecular formula is C23H23ClFNO2. The second-order valence-corrected chi connectivity index (χ2v) is 6.85. The Morgan fingerprint density at radius 2 is 1.68 bits per heavy atom. The van der Waals surface area contributed by atoms with E-state index in [4.69, 9.17) is 21.1 Å². The number of methoxy groups -OCH3 is 1. The largest absolute Gasteiger partial charge is 0.493 e. The highest BCUT2D eigenvalue weighted by atomic mass is 35.5. The van der Waals surface area contributed by atoms with Crippen molar-refractivity contribution in [3.05, 3.63) is 94.3 Å². The third-order valence-corrected chi connectivity index (χ3v) is 4.65. The minimum absolute atomic E-state index is 0.154. The zero-order valence-electron chi connectivity index (χ0n) is 15.8. The Morgan fingerprint density at radius 1 is 0.929 bits per heavy atom. The van der Waals surface area contributed by atoms with E-state index in [0.29, 0.717) is 17.1 Å². The molecule has 3 aromatic carbocycles. The average Bonchev–Trinajstić information content (AvgIpc) is 2.72. The maximum absolute atomic E-state index is 13.7. The zero-order valence-corrected chi connectivity index (χ0v) is 16.5. The molecule has 3 nitrogen and oxygen atoms in total. The normalized spacial score (nSPS) is 10.7. The van der Waals surface area contributed by atoms with Gasteiger partial charge in [0.05, 0.1) is 7.11 Å². The molecule has 0 fully saturated rings. The standard InChI is InChI=1S/C23H23ClFNO2/c1-27-23-14-18(15-26-13-12-17-6-9-20(24)10-7-17)8-11-22(23)28-16-19-4-2-3-5-21(19)25/h2-11,14,26H,12-13,15-16H2,1H3. The molecule has 28 heavy (non-hydrogen) atoms. The van der Waals surface area contributed by atoms with Crippen LogP contribution in [0.25, 0.3) is 0 Å². The van der Waals surface area contributed by atoms with Gasteiger partial charge in [0.15, 0.2) is 11.5 Å². The summed E-state index contributed by atoms with van der Waals surface area (Å²) in [6.07, 6.45) is 0.929. The lowest BCUT2D eigenvalue weighted by Crippen LogP contribution is -2.16. The summed E-state index contributed by atoms with van der Waals surface area (Å²) in [6, 6.07) is 20.2. The lowest BCUT2D eigenvalue weighted by atomic mass is 10.1. The van der Waals surface area contributed by atoms with Crippen LogP contribution in [0.2, 0.25) is 5.02 Å². The molecule has 0 unspecified atom stereocenters. The highest BCUT2D eigenvalue weighted by Gasteiger charge is 2.08. The van der Waals surface area contributed by atoms with Crippen LogP contribution in [0.3, 0.4) is 0 Å². The molecule has 3 rings (SSSR count). The molecule has 0 bridgehead atoms. The van der Waals surface area contributed by atoms with E-state index in [9.17, 15) is 4.39 Å². The fourth-order valence-corrected chi connectivity index (χ4v) is 2.95. The van der Waals surface area contributed by atoms with Crippen molar-refractivity contribution in [2.24, 2.45) is 0 Å². The van der Waals surface area contributed by atoms with Crippen molar-refractivity contribution >= 4 is 11.6 Å². The Labute approximate surface area is 170 Å². The smallest absolute Gasteiger partial charge is 0.161 e. The highest BCUT2D eigenvalue weighted by Crippen LogP contribution is 2.29. The predicted octanol–water partition coefficient (Wildman–Crippen LogP) is 5.40. The molecule has 3 aromatic rings. The van der Waals surface area contributed by atoms with Gasteiger partial charge in [-0.05, 0) is 54.4 Å². The van der Waals surface area contributed by atoms with Gasteiger partial charge < -0.3 is 14.8 Å². The minimum Gasteiger partial charge on any atom is -0.493 e. The number of hydrogen-bond donors (Lipinski definition) is 1. The summed E-state index contributed by atoms with van der Waals surface area (Å²) in [5.74, 6) is 0.951. The van der Waals surface area contributed by atoms with E-state index in [2.05, 4.69) is 5.32 Å². The van der Waals surface area contributed by atoms with Crippen LogP contribution in [0.1, 0.15) is 16.7 Å². The van der Waals surface area contributed by atoms with Gasteiger partial charge in [0.2, 0.25) is 0 Å². The van der Waals surface area contributed by atoms with Crippen molar-refractivity contribution in [1.29, 1.82) is 0 Å². The van der Waals surface area contributed by atoms with Gasteiger partial charge in [-0.3, -0.25) is 0 Å². The topological polar surface area (TPSA) is 30.5 Å². The molecule has 1 N–H and O–H groups in total. The van der Waals surface area contributed by atoms with Gasteiger partial charge in [-0.15, -0.1) is 0 Å². The second kappa shape index (κ2) is 10.1. The summed E-state index contributed by atoms with van der Waals surface area (Å²) in [6.45, 7) is 1.73. The number of benzene rings is 3. The number of ether oxygens (including phenoxy) is 2. The molecule has 0 aliphatic carbocycles. The van der Waals surface area contributed by atoms with E-state index in [0.717, 1.165) is 30.1 Å². The molecule has 0 amide bonds. The molecule has 0 aliphatic heterocycles. The monoisotopic (exact) mass is 399 g/mol. The minimum atomic E-state index is -0.275. The van der Waals surface area contributed by atoms with Gasteiger partial charge in [-0.2, -0.15) is 0 Å². The van der Waals surface area contributed by atoms with Crippen LogP contribution < -0.4 is 14.8 Å². The highest BCUT2D eigenvalue weighted by molar-refractivity contribution is 6.30. The number of nitrogens with one attached hydrogen (secondary N) is 1. The maximum atomic E-state index is 13.7. The first-order valence-electron chi connectivity index (χ1n) is 9.14. The van der Waals surface area contributed by atoms with Crippen molar-refractivity contribution in [1.82, 2.24) is 5.32 Å². The van der Waals surface area contributed by atoms with E-state index in [1.54, 1.807) is 25.3 Å². The Hall–Kier alpha value is -2.56. The lowest BCUT2D eigenvalue weighted by molar-refractivity contribution is 0.279. The molecule has 0 spiro atoms. The molecule has 0 aromatic heterocycles. The quantitative estimate of drug-likeness (QED) is 0.489. The molecule has 5 heteroatoms. The summed E-state index contributed by atoms with van der Waals surface area (Å²) < 4.78 is 24.9. The van der Waals surface area contributed by atoms with Crippen LogP contribution in [-0.4, -0.2) is 13.7 Å². The van der Waals surface area contributed by atoms with Crippen molar-refractivity contribution in [3.8, 4) is 11.5 Å².